The predicted molar refractivity (Wildman–Crippen MR) is 78.8 cm³/mol. The van der Waals surface area contributed by atoms with Crippen LogP contribution in [-0.2, 0) is 14.3 Å². The molecule has 0 saturated heterocycles. The molecule has 0 rings (SSSR count). The number of hydrogen-bond donors (Lipinski definition) is 1. The van der Waals surface area contributed by atoms with Crippen molar-refractivity contribution < 1.29 is 32.2 Å². The van der Waals surface area contributed by atoms with Crippen molar-refractivity contribution in [2.24, 2.45) is 5.92 Å². The van der Waals surface area contributed by atoms with Crippen molar-refractivity contribution in [1.82, 2.24) is 5.32 Å². The van der Waals surface area contributed by atoms with Gasteiger partial charge in [0, 0.05) is 0 Å². The van der Waals surface area contributed by atoms with E-state index in [0.29, 0.717) is 0 Å². The minimum atomic E-state index is -4.70. The molecule has 0 heterocycles. The van der Waals surface area contributed by atoms with E-state index in [0.717, 1.165) is 6.08 Å². The van der Waals surface area contributed by atoms with Crippen LogP contribution in [0.4, 0.5) is 18.0 Å². The molecule has 0 fully saturated rings. The second kappa shape index (κ2) is 8.21. The van der Waals surface area contributed by atoms with Crippen LogP contribution in [0.5, 0.6) is 0 Å². The van der Waals surface area contributed by atoms with Crippen LogP contribution in [0, 0.1) is 5.92 Å². The molecule has 0 aliphatic heterocycles. The Morgan fingerprint density at radius 2 is 1.70 bits per heavy atom. The van der Waals surface area contributed by atoms with Gasteiger partial charge in [-0.15, -0.1) is 0 Å². The van der Waals surface area contributed by atoms with Crippen LogP contribution in [0.15, 0.2) is 11.6 Å². The number of carbonyl (C=O) groups is 2. The molecule has 0 aromatic rings. The van der Waals surface area contributed by atoms with Crippen LogP contribution in [-0.4, -0.2) is 36.5 Å². The van der Waals surface area contributed by atoms with E-state index >= 15 is 0 Å². The van der Waals surface area contributed by atoms with Crippen LogP contribution in [0.2, 0.25) is 0 Å². The first-order valence-corrected chi connectivity index (χ1v) is 7.23. The van der Waals surface area contributed by atoms with Gasteiger partial charge in [-0.05, 0) is 41.5 Å². The van der Waals surface area contributed by atoms with E-state index in [1.807, 2.05) is 0 Å². The molecule has 8 heteroatoms. The van der Waals surface area contributed by atoms with Crippen LogP contribution >= 0.6 is 0 Å². The summed E-state index contributed by atoms with van der Waals surface area (Å²) in [6.45, 7) is 8.89. The van der Waals surface area contributed by atoms with Crippen LogP contribution in [0.3, 0.4) is 0 Å². The Balaban J connectivity index is 5.19. The van der Waals surface area contributed by atoms with Crippen LogP contribution in [0.25, 0.3) is 0 Å². The van der Waals surface area contributed by atoms with Crippen molar-refractivity contribution in [2.75, 3.05) is 6.61 Å². The lowest BCUT2D eigenvalue weighted by Crippen LogP contribution is -2.41. The zero-order valence-corrected chi connectivity index (χ0v) is 14.2. The van der Waals surface area contributed by atoms with E-state index < -0.39 is 41.4 Å². The molecule has 2 atom stereocenters. The van der Waals surface area contributed by atoms with Gasteiger partial charge in [0.2, 0.25) is 0 Å². The maximum Gasteiger partial charge on any atom is 0.414 e. The van der Waals surface area contributed by atoms with Gasteiger partial charge in [-0.2, -0.15) is 13.2 Å². The number of hydrogen-bond acceptors (Lipinski definition) is 4. The number of amides is 1. The average Bonchev–Trinajstić information content (AvgIpc) is 2.31. The van der Waals surface area contributed by atoms with Gasteiger partial charge in [0.1, 0.15) is 5.60 Å². The molecule has 134 valence electrons. The molecule has 0 aliphatic carbocycles. The van der Waals surface area contributed by atoms with Crippen LogP contribution < -0.4 is 5.32 Å². The summed E-state index contributed by atoms with van der Waals surface area (Å²) in [5, 5.41) is 2.12. The Kier molecular flexibility index (Phi) is 7.60. The van der Waals surface area contributed by atoms with Crippen LogP contribution in [0.1, 0.15) is 41.5 Å². The van der Waals surface area contributed by atoms with Gasteiger partial charge in [0.15, 0.2) is 0 Å². The standard InChI is InChI=1S/C15H24F3NO4/c1-7-22-12(20)9(2)8-11(15(16,17)18)10(3)19-13(21)23-14(4,5)6/h8-10H,7H2,1-6H3,(H,19,21)/b11-8+/t9-,10+/m1/s1. The highest BCUT2D eigenvalue weighted by Gasteiger charge is 2.38. The third kappa shape index (κ3) is 8.47. The first-order valence-electron chi connectivity index (χ1n) is 7.23. The van der Waals surface area contributed by atoms with Gasteiger partial charge in [-0.1, -0.05) is 6.08 Å². The van der Waals surface area contributed by atoms with Crippen molar-refractivity contribution in [3.63, 3.8) is 0 Å². The van der Waals surface area contributed by atoms with Crippen molar-refractivity contribution in [3.05, 3.63) is 11.6 Å². The zero-order chi connectivity index (χ0) is 18.4. The fraction of sp³-hybridized carbons (Fsp3) is 0.733. The second-order valence-corrected chi connectivity index (χ2v) is 6.03. The first-order chi connectivity index (χ1) is 10.3. The van der Waals surface area contributed by atoms with Crippen molar-refractivity contribution >= 4 is 12.1 Å². The SMILES string of the molecule is CCOC(=O)[C@H](C)/C=C(\[C@H](C)NC(=O)OC(C)(C)C)C(F)(F)F. The Hall–Kier alpha value is -1.73. The van der Waals surface area contributed by atoms with Gasteiger partial charge >= 0.3 is 18.2 Å². The zero-order valence-electron chi connectivity index (χ0n) is 14.2. The molecule has 0 unspecified atom stereocenters. The van der Waals surface area contributed by atoms with Gasteiger partial charge in [-0.3, -0.25) is 4.79 Å². The smallest absolute Gasteiger partial charge is 0.414 e. The highest BCUT2D eigenvalue weighted by atomic mass is 19.4. The second-order valence-electron chi connectivity index (χ2n) is 6.03. The van der Waals surface area contributed by atoms with E-state index in [4.69, 9.17) is 4.74 Å². The molecular formula is C15H24F3NO4. The summed E-state index contributed by atoms with van der Waals surface area (Å²) < 4.78 is 49.1. The largest absolute Gasteiger partial charge is 0.466 e. The molecule has 0 bridgehead atoms. The maximum atomic E-state index is 13.2. The number of esters is 1. The number of alkyl carbamates (subject to hydrolysis) is 1. The average molecular weight is 339 g/mol. The minimum absolute atomic E-state index is 0.0735. The Morgan fingerprint density at radius 1 is 1.17 bits per heavy atom. The van der Waals surface area contributed by atoms with E-state index in [-0.39, 0.29) is 6.61 Å². The molecule has 0 saturated carbocycles. The molecule has 0 aromatic carbocycles. The Labute approximate surface area is 134 Å². The van der Waals surface area contributed by atoms with E-state index in [1.165, 1.54) is 13.8 Å². The molecule has 1 amide bonds. The van der Waals surface area contributed by atoms with Gasteiger partial charge < -0.3 is 14.8 Å². The molecule has 0 aromatic heterocycles. The molecule has 0 spiro atoms. The highest BCUT2D eigenvalue weighted by molar-refractivity contribution is 5.74. The Bertz CT molecular complexity index is 453. The molecular weight excluding hydrogens is 315 g/mol. The lowest BCUT2D eigenvalue weighted by atomic mass is 10.0. The number of halogens is 3. The summed E-state index contributed by atoms with van der Waals surface area (Å²) >= 11 is 0. The third-order valence-corrected chi connectivity index (χ3v) is 2.62. The topological polar surface area (TPSA) is 64.6 Å². The minimum Gasteiger partial charge on any atom is -0.466 e. The molecule has 0 radical (unpaired) electrons. The third-order valence-electron chi connectivity index (χ3n) is 2.62. The number of rotatable bonds is 5. The molecule has 23 heavy (non-hydrogen) atoms. The van der Waals surface area contributed by atoms with Gasteiger partial charge in [0.25, 0.3) is 0 Å². The monoisotopic (exact) mass is 339 g/mol. The van der Waals surface area contributed by atoms with E-state index in [9.17, 15) is 22.8 Å². The lowest BCUT2D eigenvalue weighted by Gasteiger charge is -2.24. The van der Waals surface area contributed by atoms with Crippen molar-refractivity contribution in [2.45, 2.75) is 59.4 Å². The quantitative estimate of drug-likeness (QED) is 0.614. The summed E-state index contributed by atoms with van der Waals surface area (Å²) in [5.41, 5.74) is -1.87. The van der Waals surface area contributed by atoms with Crippen molar-refractivity contribution in [1.29, 1.82) is 0 Å². The summed E-state index contributed by atoms with van der Waals surface area (Å²) in [6.07, 6.45) is -4.92. The predicted octanol–water partition coefficient (Wildman–Crippen LogP) is 3.59. The van der Waals surface area contributed by atoms with E-state index in [1.54, 1.807) is 27.7 Å². The summed E-state index contributed by atoms with van der Waals surface area (Å²) in [7, 11) is 0. The van der Waals surface area contributed by atoms with Crippen molar-refractivity contribution in [3.8, 4) is 0 Å². The fourth-order valence-electron chi connectivity index (χ4n) is 1.66. The van der Waals surface area contributed by atoms with Gasteiger partial charge in [0.05, 0.1) is 24.1 Å². The summed E-state index contributed by atoms with van der Waals surface area (Å²) in [4.78, 5) is 23.1. The lowest BCUT2D eigenvalue weighted by molar-refractivity contribution is -0.145. The normalized spacial score (nSPS) is 15.6. The summed E-state index contributed by atoms with van der Waals surface area (Å²) in [6, 6.07) is -1.37. The highest BCUT2D eigenvalue weighted by Crippen LogP contribution is 2.29. The fourth-order valence-corrected chi connectivity index (χ4v) is 1.66. The molecule has 0 aliphatic rings. The molecule has 5 nitrogen and oxygen atoms in total. The summed E-state index contributed by atoms with van der Waals surface area (Å²) in [5.74, 6) is -1.85. The number of nitrogens with one attached hydrogen (secondary N) is 1. The first kappa shape index (κ1) is 21.3. The number of ether oxygens (including phenoxy) is 2. The van der Waals surface area contributed by atoms with Gasteiger partial charge in [-0.25, -0.2) is 4.79 Å². The molecule has 1 N–H and O–H groups in total. The number of alkyl halides is 3. The van der Waals surface area contributed by atoms with E-state index in [2.05, 4.69) is 10.1 Å². The Morgan fingerprint density at radius 3 is 2.09 bits per heavy atom. The number of carbonyl (C=O) groups excluding carboxylic acids is 2. The maximum absolute atomic E-state index is 13.2.